The monoisotopic (exact) mass is 395 g/mol. The Balaban J connectivity index is 2.16. The number of carbonyl (C=O) groups is 1. The number of carbonyl (C=O) groups excluding carboxylic acids is 1. The third kappa shape index (κ3) is 4.37. The first kappa shape index (κ1) is 17.1. The van der Waals surface area contributed by atoms with Crippen LogP contribution >= 0.6 is 27.5 Å². The summed E-state index contributed by atoms with van der Waals surface area (Å²) in [5.41, 5.74) is 3.60. The van der Waals surface area contributed by atoms with E-state index in [0.29, 0.717) is 5.71 Å². The van der Waals surface area contributed by atoms with Gasteiger partial charge >= 0.3 is 0 Å². The second kappa shape index (κ2) is 7.34. The number of hydrogen-bond donors (Lipinski definition) is 1. The van der Waals surface area contributed by atoms with Crippen LogP contribution in [0.2, 0.25) is 5.02 Å². The van der Waals surface area contributed by atoms with E-state index >= 15 is 0 Å². The minimum atomic E-state index is -0.643. The van der Waals surface area contributed by atoms with Gasteiger partial charge in [-0.15, -0.1) is 0 Å². The van der Waals surface area contributed by atoms with Gasteiger partial charge in [0.1, 0.15) is 5.02 Å². The Labute approximate surface area is 145 Å². The van der Waals surface area contributed by atoms with E-state index in [0.717, 1.165) is 16.1 Å². The van der Waals surface area contributed by atoms with Crippen LogP contribution in [0.25, 0.3) is 0 Å². The van der Waals surface area contributed by atoms with Gasteiger partial charge in [-0.05, 0) is 36.8 Å². The molecule has 0 aromatic heterocycles. The van der Waals surface area contributed by atoms with Crippen LogP contribution in [0.4, 0.5) is 5.69 Å². The van der Waals surface area contributed by atoms with Gasteiger partial charge in [-0.25, -0.2) is 5.43 Å². The SMILES string of the molecule is CC(=NNC(=O)c1ccc(Cl)c([N+](=O)[O-])c1)c1ccc(Br)cc1. The Kier molecular flexibility index (Phi) is 5.46. The van der Waals surface area contributed by atoms with Crippen LogP contribution in [0.15, 0.2) is 52.0 Å². The predicted octanol–water partition coefficient (Wildman–Crippen LogP) is 4.16. The molecule has 0 spiro atoms. The van der Waals surface area contributed by atoms with Crippen LogP contribution in [0, 0.1) is 10.1 Å². The zero-order chi connectivity index (χ0) is 17.0. The maximum atomic E-state index is 12.0. The lowest BCUT2D eigenvalue weighted by Gasteiger charge is -2.04. The number of hydrazone groups is 1. The van der Waals surface area contributed by atoms with Crippen molar-refractivity contribution in [2.24, 2.45) is 5.10 Å². The summed E-state index contributed by atoms with van der Waals surface area (Å²) in [7, 11) is 0. The van der Waals surface area contributed by atoms with E-state index in [2.05, 4.69) is 26.5 Å². The maximum absolute atomic E-state index is 12.0. The molecule has 0 heterocycles. The van der Waals surface area contributed by atoms with E-state index in [9.17, 15) is 14.9 Å². The number of hydrogen-bond acceptors (Lipinski definition) is 4. The maximum Gasteiger partial charge on any atom is 0.288 e. The molecule has 2 aromatic carbocycles. The Bertz CT molecular complexity index is 791. The molecule has 8 heteroatoms. The molecule has 0 aliphatic heterocycles. The molecule has 23 heavy (non-hydrogen) atoms. The molecule has 2 rings (SSSR count). The molecular formula is C15H11BrClN3O3. The lowest BCUT2D eigenvalue weighted by molar-refractivity contribution is -0.384. The van der Waals surface area contributed by atoms with Crippen molar-refractivity contribution in [1.29, 1.82) is 0 Å². The molecule has 0 radical (unpaired) electrons. The van der Waals surface area contributed by atoms with Crippen LogP contribution < -0.4 is 5.43 Å². The Morgan fingerprint density at radius 2 is 1.83 bits per heavy atom. The summed E-state index contributed by atoms with van der Waals surface area (Å²) in [6, 6.07) is 11.2. The Hall–Kier alpha value is -2.25. The van der Waals surface area contributed by atoms with Crippen LogP contribution in [0.3, 0.4) is 0 Å². The standard InChI is InChI=1S/C15H11BrClN3O3/c1-9(10-2-5-12(16)6-3-10)18-19-15(21)11-4-7-13(17)14(8-11)20(22)23/h2-8H,1H3,(H,19,21). The molecule has 0 atom stereocenters. The van der Waals surface area contributed by atoms with E-state index in [4.69, 9.17) is 11.6 Å². The van der Waals surface area contributed by atoms with E-state index in [-0.39, 0.29) is 16.3 Å². The highest BCUT2D eigenvalue weighted by molar-refractivity contribution is 9.10. The minimum Gasteiger partial charge on any atom is -0.267 e. The number of amides is 1. The number of nitrogens with zero attached hydrogens (tertiary/aromatic N) is 2. The number of nitrogens with one attached hydrogen (secondary N) is 1. The molecule has 0 saturated carbocycles. The van der Waals surface area contributed by atoms with Gasteiger partial charge in [0.25, 0.3) is 11.6 Å². The predicted molar refractivity (Wildman–Crippen MR) is 91.9 cm³/mol. The van der Waals surface area contributed by atoms with Crippen LogP contribution in [-0.2, 0) is 0 Å². The Morgan fingerprint density at radius 1 is 1.22 bits per heavy atom. The summed E-state index contributed by atoms with van der Waals surface area (Å²) in [4.78, 5) is 22.2. The van der Waals surface area contributed by atoms with Gasteiger partial charge in [0.05, 0.1) is 10.6 Å². The fraction of sp³-hybridized carbons (Fsp3) is 0.0667. The van der Waals surface area contributed by atoms with Gasteiger partial charge < -0.3 is 0 Å². The third-order valence-electron chi connectivity index (χ3n) is 2.99. The van der Waals surface area contributed by atoms with Crippen LogP contribution in [0.1, 0.15) is 22.8 Å². The normalized spacial score (nSPS) is 11.2. The third-order valence-corrected chi connectivity index (χ3v) is 3.84. The van der Waals surface area contributed by atoms with Crippen molar-refractivity contribution < 1.29 is 9.72 Å². The van der Waals surface area contributed by atoms with Crippen molar-refractivity contribution in [3.8, 4) is 0 Å². The molecule has 118 valence electrons. The smallest absolute Gasteiger partial charge is 0.267 e. The Morgan fingerprint density at radius 3 is 2.43 bits per heavy atom. The van der Waals surface area contributed by atoms with Crippen LogP contribution in [-0.4, -0.2) is 16.5 Å². The highest BCUT2D eigenvalue weighted by Gasteiger charge is 2.16. The lowest BCUT2D eigenvalue weighted by Crippen LogP contribution is -2.19. The van der Waals surface area contributed by atoms with Gasteiger partial charge in [-0.3, -0.25) is 14.9 Å². The average molecular weight is 397 g/mol. The van der Waals surface area contributed by atoms with Crippen molar-refractivity contribution in [2.75, 3.05) is 0 Å². The number of rotatable bonds is 4. The second-order valence-electron chi connectivity index (χ2n) is 4.57. The van der Waals surface area contributed by atoms with Gasteiger partial charge in [0.2, 0.25) is 0 Å². The molecular weight excluding hydrogens is 386 g/mol. The highest BCUT2D eigenvalue weighted by atomic mass is 79.9. The van der Waals surface area contributed by atoms with E-state index in [1.54, 1.807) is 6.92 Å². The van der Waals surface area contributed by atoms with Gasteiger partial charge in [-0.1, -0.05) is 39.7 Å². The lowest BCUT2D eigenvalue weighted by atomic mass is 10.1. The molecule has 0 bridgehead atoms. The first-order valence-corrected chi connectivity index (χ1v) is 7.60. The zero-order valence-electron chi connectivity index (χ0n) is 11.9. The van der Waals surface area contributed by atoms with Crippen LogP contribution in [0.5, 0.6) is 0 Å². The number of nitro groups is 1. The minimum absolute atomic E-state index is 0.0268. The molecule has 1 amide bonds. The summed E-state index contributed by atoms with van der Waals surface area (Å²) in [6.45, 7) is 1.74. The summed E-state index contributed by atoms with van der Waals surface area (Å²) in [6.07, 6.45) is 0. The molecule has 0 aliphatic carbocycles. The quantitative estimate of drug-likeness (QED) is 0.478. The first-order valence-electron chi connectivity index (χ1n) is 6.43. The van der Waals surface area contributed by atoms with E-state index in [1.807, 2.05) is 24.3 Å². The molecule has 0 unspecified atom stereocenters. The number of nitro benzene ring substituents is 1. The largest absolute Gasteiger partial charge is 0.288 e. The molecule has 1 N–H and O–H groups in total. The number of halogens is 2. The van der Waals surface area contributed by atoms with E-state index in [1.165, 1.54) is 12.1 Å². The summed E-state index contributed by atoms with van der Waals surface area (Å²) in [5, 5.41) is 14.8. The zero-order valence-corrected chi connectivity index (χ0v) is 14.3. The molecule has 0 saturated heterocycles. The average Bonchev–Trinajstić information content (AvgIpc) is 2.53. The summed E-state index contributed by atoms with van der Waals surface area (Å²) >= 11 is 9.05. The van der Waals surface area contributed by atoms with Gasteiger partial charge in [0, 0.05) is 16.1 Å². The van der Waals surface area contributed by atoms with Crippen molar-refractivity contribution in [2.45, 2.75) is 6.92 Å². The van der Waals surface area contributed by atoms with Gasteiger partial charge in [-0.2, -0.15) is 5.10 Å². The summed E-state index contributed by atoms with van der Waals surface area (Å²) < 4.78 is 0.937. The fourth-order valence-electron chi connectivity index (χ4n) is 1.75. The van der Waals surface area contributed by atoms with Crippen molar-refractivity contribution >= 4 is 44.8 Å². The summed E-state index contributed by atoms with van der Waals surface area (Å²) in [5.74, 6) is -0.554. The molecule has 2 aromatic rings. The van der Waals surface area contributed by atoms with Crippen molar-refractivity contribution in [3.05, 3.63) is 73.2 Å². The molecule has 0 aliphatic rings. The van der Waals surface area contributed by atoms with Gasteiger partial charge in [0.15, 0.2) is 0 Å². The number of benzene rings is 2. The first-order chi connectivity index (χ1) is 10.9. The topological polar surface area (TPSA) is 84.6 Å². The molecule has 6 nitrogen and oxygen atoms in total. The fourth-order valence-corrected chi connectivity index (χ4v) is 2.20. The highest BCUT2D eigenvalue weighted by Crippen LogP contribution is 2.25. The van der Waals surface area contributed by atoms with Crippen molar-refractivity contribution in [3.63, 3.8) is 0 Å². The molecule has 0 fully saturated rings. The second-order valence-corrected chi connectivity index (χ2v) is 5.89. The van der Waals surface area contributed by atoms with E-state index < -0.39 is 10.8 Å². The van der Waals surface area contributed by atoms with Crippen molar-refractivity contribution in [1.82, 2.24) is 5.43 Å².